The van der Waals surface area contributed by atoms with Crippen molar-refractivity contribution in [2.24, 2.45) is 5.92 Å². The summed E-state index contributed by atoms with van der Waals surface area (Å²) in [6.45, 7) is 1.42. The van der Waals surface area contributed by atoms with Crippen LogP contribution in [-0.4, -0.2) is 26.4 Å². The monoisotopic (exact) mass is 223 g/mol. The van der Waals surface area contributed by atoms with Crippen LogP contribution in [0.2, 0.25) is 0 Å². The molecule has 0 saturated carbocycles. The maximum Gasteiger partial charge on any atom is 0.119 e. The van der Waals surface area contributed by atoms with Gasteiger partial charge in [0, 0.05) is 6.54 Å². The quantitative estimate of drug-likeness (QED) is 0.848. The van der Waals surface area contributed by atoms with Crippen molar-refractivity contribution in [3.8, 4) is 5.75 Å². The number of rotatable bonds is 3. The molecule has 0 radical (unpaired) electrons. The van der Waals surface area contributed by atoms with Gasteiger partial charge in [-0.25, -0.2) is 4.39 Å². The molecule has 1 N–H and O–H groups in total. The first-order chi connectivity index (χ1) is 7.79. The fourth-order valence-electron chi connectivity index (χ4n) is 2.21. The van der Waals surface area contributed by atoms with Crippen LogP contribution >= 0.6 is 0 Å². The third-order valence-corrected chi connectivity index (χ3v) is 3.17. The molecule has 88 valence electrons. The molecule has 1 aliphatic rings. The maximum atomic E-state index is 13.6. The van der Waals surface area contributed by atoms with Crippen molar-refractivity contribution in [1.29, 1.82) is 0 Å². The lowest BCUT2D eigenvalue weighted by Crippen LogP contribution is -2.38. The molecule has 0 aliphatic carbocycles. The third kappa shape index (κ3) is 2.73. The molecule has 1 heterocycles. The number of methoxy groups -OCH3 is 1. The van der Waals surface area contributed by atoms with E-state index in [1.165, 1.54) is 0 Å². The van der Waals surface area contributed by atoms with Gasteiger partial charge in [-0.05, 0) is 43.0 Å². The molecule has 3 heteroatoms. The molecule has 1 aromatic carbocycles. The third-order valence-electron chi connectivity index (χ3n) is 3.17. The van der Waals surface area contributed by atoms with Gasteiger partial charge >= 0.3 is 0 Å². The normalized spacial score (nSPS) is 25.4. The molecule has 2 nitrogen and oxygen atoms in total. The maximum absolute atomic E-state index is 13.6. The van der Waals surface area contributed by atoms with Crippen molar-refractivity contribution < 1.29 is 9.13 Å². The van der Waals surface area contributed by atoms with Crippen LogP contribution in [-0.2, 0) is 6.42 Å². The SMILES string of the molecule is COc1cccc(CC2CCNCC2F)c1. The summed E-state index contributed by atoms with van der Waals surface area (Å²) in [5.74, 6) is 0.996. The van der Waals surface area contributed by atoms with Gasteiger partial charge in [-0.3, -0.25) is 0 Å². The Labute approximate surface area is 95.8 Å². The van der Waals surface area contributed by atoms with Gasteiger partial charge in [0.15, 0.2) is 0 Å². The summed E-state index contributed by atoms with van der Waals surface area (Å²) in [4.78, 5) is 0. The lowest BCUT2D eigenvalue weighted by molar-refractivity contribution is 0.179. The van der Waals surface area contributed by atoms with Gasteiger partial charge in [-0.2, -0.15) is 0 Å². The summed E-state index contributed by atoms with van der Waals surface area (Å²) in [5.41, 5.74) is 1.16. The van der Waals surface area contributed by atoms with Gasteiger partial charge in [0.1, 0.15) is 11.9 Å². The van der Waals surface area contributed by atoms with Gasteiger partial charge in [0.2, 0.25) is 0 Å². The first-order valence-electron chi connectivity index (χ1n) is 5.77. The molecular weight excluding hydrogens is 205 g/mol. The molecule has 1 aromatic rings. The number of benzene rings is 1. The molecule has 0 bridgehead atoms. The predicted molar refractivity (Wildman–Crippen MR) is 62.6 cm³/mol. The lowest BCUT2D eigenvalue weighted by atomic mass is 9.89. The van der Waals surface area contributed by atoms with Gasteiger partial charge < -0.3 is 10.1 Å². The van der Waals surface area contributed by atoms with E-state index >= 15 is 0 Å². The van der Waals surface area contributed by atoms with Crippen molar-refractivity contribution in [1.82, 2.24) is 5.32 Å². The zero-order chi connectivity index (χ0) is 11.4. The Hall–Kier alpha value is -1.09. The van der Waals surface area contributed by atoms with E-state index < -0.39 is 6.17 Å². The van der Waals surface area contributed by atoms with Crippen LogP contribution in [0.15, 0.2) is 24.3 Å². The van der Waals surface area contributed by atoms with Gasteiger partial charge in [0.05, 0.1) is 7.11 Å². The molecule has 1 saturated heterocycles. The zero-order valence-electron chi connectivity index (χ0n) is 9.58. The Kier molecular flexibility index (Phi) is 3.78. The highest BCUT2D eigenvalue weighted by molar-refractivity contribution is 5.28. The number of ether oxygens (including phenoxy) is 1. The number of nitrogens with one attached hydrogen (secondary N) is 1. The van der Waals surface area contributed by atoms with Crippen molar-refractivity contribution in [2.45, 2.75) is 19.0 Å². The number of hydrogen-bond acceptors (Lipinski definition) is 2. The van der Waals surface area contributed by atoms with E-state index in [1.807, 2.05) is 24.3 Å². The highest BCUT2D eigenvalue weighted by Crippen LogP contribution is 2.22. The molecule has 2 atom stereocenters. The second-order valence-corrected chi connectivity index (χ2v) is 4.32. The fourth-order valence-corrected chi connectivity index (χ4v) is 2.21. The van der Waals surface area contributed by atoms with E-state index in [9.17, 15) is 4.39 Å². The Bertz CT molecular complexity index is 342. The second kappa shape index (κ2) is 5.30. The molecule has 1 aliphatic heterocycles. The Balaban J connectivity index is 2.01. The number of hydrogen-bond donors (Lipinski definition) is 1. The zero-order valence-corrected chi connectivity index (χ0v) is 9.58. The first-order valence-corrected chi connectivity index (χ1v) is 5.77. The van der Waals surface area contributed by atoms with E-state index in [0.29, 0.717) is 6.54 Å². The minimum absolute atomic E-state index is 0.147. The molecule has 0 amide bonds. The minimum Gasteiger partial charge on any atom is -0.497 e. The van der Waals surface area contributed by atoms with Crippen LogP contribution in [0.5, 0.6) is 5.75 Å². The smallest absolute Gasteiger partial charge is 0.119 e. The van der Waals surface area contributed by atoms with E-state index in [-0.39, 0.29) is 5.92 Å². The summed E-state index contributed by atoms with van der Waals surface area (Å²) < 4.78 is 18.8. The number of alkyl halides is 1. The van der Waals surface area contributed by atoms with Crippen LogP contribution in [0.4, 0.5) is 4.39 Å². The fraction of sp³-hybridized carbons (Fsp3) is 0.538. The lowest BCUT2D eigenvalue weighted by Gasteiger charge is -2.26. The first kappa shape index (κ1) is 11.4. The average Bonchev–Trinajstić information content (AvgIpc) is 2.32. The Morgan fingerprint density at radius 3 is 3.12 bits per heavy atom. The van der Waals surface area contributed by atoms with Crippen molar-refractivity contribution in [2.75, 3.05) is 20.2 Å². The number of piperidine rings is 1. The molecule has 0 aromatic heterocycles. The summed E-state index contributed by atoms with van der Waals surface area (Å²) in [7, 11) is 1.65. The predicted octanol–water partition coefficient (Wildman–Crippen LogP) is 2.19. The Morgan fingerprint density at radius 1 is 1.50 bits per heavy atom. The molecule has 0 spiro atoms. The van der Waals surface area contributed by atoms with Crippen molar-refractivity contribution in [3.63, 3.8) is 0 Å². The van der Waals surface area contributed by atoms with E-state index in [0.717, 1.165) is 30.7 Å². The van der Waals surface area contributed by atoms with E-state index in [1.54, 1.807) is 7.11 Å². The number of halogens is 1. The van der Waals surface area contributed by atoms with Crippen LogP contribution in [0, 0.1) is 5.92 Å². The van der Waals surface area contributed by atoms with Crippen LogP contribution in [0.1, 0.15) is 12.0 Å². The second-order valence-electron chi connectivity index (χ2n) is 4.32. The summed E-state index contributed by atoms with van der Waals surface area (Å²) >= 11 is 0. The largest absolute Gasteiger partial charge is 0.497 e. The van der Waals surface area contributed by atoms with Crippen molar-refractivity contribution in [3.05, 3.63) is 29.8 Å². The molecule has 2 rings (SSSR count). The van der Waals surface area contributed by atoms with Gasteiger partial charge in [0.25, 0.3) is 0 Å². The van der Waals surface area contributed by atoms with Crippen LogP contribution in [0.3, 0.4) is 0 Å². The summed E-state index contributed by atoms with van der Waals surface area (Å²) in [5, 5.41) is 3.07. The van der Waals surface area contributed by atoms with Crippen LogP contribution in [0.25, 0.3) is 0 Å². The molecule has 2 unspecified atom stereocenters. The Morgan fingerprint density at radius 2 is 2.38 bits per heavy atom. The molecule has 1 fully saturated rings. The highest BCUT2D eigenvalue weighted by atomic mass is 19.1. The van der Waals surface area contributed by atoms with E-state index in [2.05, 4.69) is 5.32 Å². The summed E-state index contributed by atoms with van der Waals surface area (Å²) in [6, 6.07) is 7.91. The molecule has 16 heavy (non-hydrogen) atoms. The van der Waals surface area contributed by atoms with Crippen molar-refractivity contribution >= 4 is 0 Å². The summed E-state index contributed by atoms with van der Waals surface area (Å²) in [6.07, 6.45) is 0.998. The minimum atomic E-state index is -0.722. The standard InChI is InChI=1S/C13H18FNO/c1-16-12-4-2-3-10(8-12)7-11-5-6-15-9-13(11)14/h2-4,8,11,13,15H,5-7,9H2,1H3. The van der Waals surface area contributed by atoms with E-state index in [4.69, 9.17) is 4.74 Å². The highest BCUT2D eigenvalue weighted by Gasteiger charge is 2.24. The van der Waals surface area contributed by atoms with Gasteiger partial charge in [-0.15, -0.1) is 0 Å². The average molecular weight is 223 g/mol. The molecular formula is C13H18FNO. The van der Waals surface area contributed by atoms with Gasteiger partial charge in [-0.1, -0.05) is 12.1 Å². The topological polar surface area (TPSA) is 21.3 Å². The van der Waals surface area contributed by atoms with Crippen LogP contribution < -0.4 is 10.1 Å².